The first kappa shape index (κ1) is 20.6. The number of carbonyl (C=O) groups is 2. The highest BCUT2D eigenvalue weighted by Crippen LogP contribution is 2.37. The van der Waals surface area contributed by atoms with Crippen molar-refractivity contribution in [3.05, 3.63) is 51.1 Å². The van der Waals surface area contributed by atoms with Crippen LogP contribution < -0.4 is 16.6 Å². The number of nitrogens with zero attached hydrogens (tertiary/aromatic N) is 2. The molecule has 156 valence electrons. The molecule has 9 heteroatoms. The van der Waals surface area contributed by atoms with Gasteiger partial charge in [0.15, 0.2) is 5.16 Å². The number of hydrogen-bond donors (Lipinski definition) is 2. The maximum absolute atomic E-state index is 13.6. The Morgan fingerprint density at radius 1 is 1.33 bits per heavy atom. The molecule has 0 aliphatic heterocycles. The average Bonchev–Trinajstić information content (AvgIpc) is 3.05. The Morgan fingerprint density at radius 3 is 2.83 bits per heavy atom. The van der Waals surface area contributed by atoms with E-state index in [4.69, 9.17) is 10.7 Å². The van der Waals surface area contributed by atoms with Gasteiger partial charge in [0, 0.05) is 17.1 Å². The molecule has 3 N–H and O–H groups in total. The van der Waals surface area contributed by atoms with Gasteiger partial charge in [-0.15, -0.1) is 11.3 Å². The SMILES string of the molecule is CC1CCc2c(sc3nc(SCCC(=O)NC(N)=O)n(-c4ccccc4)c(=O)c23)C1. The first-order chi connectivity index (χ1) is 14.4. The lowest BCUT2D eigenvalue weighted by Gasteiger charge is -2.17. The molecule has 1 atom stereocenters. The van der Waals surface area contributed by atoms with Crippen molar-refractivity contribution in [3.63, 3.8) is 0 Å². The van der Waals surface area contributed by atoms with E-state index in [0.29, 0.717) is 16.8 Å². The number of primary amides is 1. The smallest absolute Gasteiger partial charge is 0.318 e. The molecule has 30 heavy (non-hydrogen) atoms. The number of para-hydroxylation sites is 1. The van der Waals surface area contributed by atoms with Crippen LogP contribution in [0, 0.1) is 5.92 Å². The van der Waals surface area contributed by atoms with Crippen molar-refractivity contribution in [2.75, 3.05) is 5.75 Å². The number of aryl methyl sites for hydroxylation is 1. The number of rotatable bonds is 5. The highest BCUT2D eigenvalue weighted by atomic mass is 32.2. The standard InChI is InChI=1S/C21H22N4O3S2/c1-12-7-8-14-15(11-12)30-18-17(14)19(27)25(13-5-3-2-4-6-13)21(24-18)29-10-9-16(26)23-20(22)28/h2-6,12H,7-11H2,1H3,(H3,22,23,26,28). The van der Waals surface area contributed by atoms with E-state index in [1.807, 2.05) is 30.3 Å². The van der Waals surface area contributed by atoms with Gasteiger partial charge in [0.2, 0.25) is 5.91 Å². The highest BCUT2D eigenvalue weighted by molar-refractivity contribution is 7.99. The van der Waals surface area contributed by atoms with Gasteiger partial charge < -0.3 is 5.73 Å². The van der Waals surface area contributed by atoms with Crippen LogP contribution in [-0.4, -0.2) is 27.2 Å². The summed E-state index contributed by atoms with van der Waals surface area (Å²) in [6.45, 7) is 2.24. The number of nitrogens with one attached hydrogen (secondary N) is 1. The minimum atomic E-state index is -0.871. The fraction of sp³-hybridized carbons (Fsp3) is 0.333. The monoisotopic (exact) mass is 442 g/mol. The third-order valence-electron chi connectivity index (χ3n) is 5.14. The number of amides is 3. The molecule has 1 unspecified atom stereocenters. The Kier molecular flexibility index (Phi) is 5.92. The van der Waals surface area contributed by atoms with E-state index in [0.717, 1.165) is 40.7 Å². The molecule has 0 radical (unpaired) electrons. The zero-order chi connectivity index (χ0) is 21.3. The van der Waals surface area contributed by atoms with Gasteiger partial charge in [-0.3, -0.25) is 19.5 Å². The van der Waals surface area contributed by atoms with Crippen LogP contribution in [0.25, 0.3) is 15.9 Å². The molecule has 1 aliphatic carbocycles. The fourth-order valence-corrected chi connectivity index (χ4v) is 6.08. The minimum Gasteiger partial charge on any atom is -0.351 e. The Labute approximate surface area is 181 Å². The Morgan fingerprint density at radius 2 is 2.10 bits per heavy atom. The molecule has 2 aromatic heterocycles. The normalized spacial score (nSPS) is 15.7. The summed E-state index contributed by atoms with van der Waals surface area (Å²) in [5.74, 6) is 0.524. The summed E-state index contributed by atoms with van der Waals surface area (Å²) in [6.07, 6.45) is 3.06. The molecule has 1 aromatic carbocycles. The van der Waals surface area contributed by atoms with Crippen LogP contribution >= 0.6 is 23.1 Å². The van der Waals surface area contributed by atoms with Gasteiger partial charge in [0.05, 0.1) is 11.1 Å². The van der Waals surface area contributed by atoms with E-state index in [1.165, 1.54) is 16.6 Å². The van der Waals surface area contributed by atoms with Gasteiger partial charge in [-0.2, -0.15) is 0 Å². The zero-order valence-corrected chi connectivity index (χ0v) is 18.1. The molecule has 1 aliphatic rings. The zero-order valence-electron chi connectivity index (χ0n) is 16.5. The molecule has 3 aromatic rings. The van der Waals surface area contributed by atoms with E-state index >= 15 is 0 Å². The Bertz CT molecular complexity index is 1170. The maximum atomic E-state index is 13.6. The first-order valence-corrected chi connectivity index (χ1v) is 11.6. The molecule has 4 rings (SSSR count). The summed E-state index contributed by atoms with van der Waals surface area (Å²) in [5, 5.41) is 3.32. The van der Waals surface area contributed by atoms with Crippen LogP contribution in [0.2, 0.25) is 0 Å². The van der Waals surface area contributed by atoms with Crippen LogP contribution in [0.15, 0.2) is 40.3 Å². The van der Waals surface area contributed by atoms with Crippen molar-refractivity contribution >= 4 is 45.3 Å². The number of thioether (sulfide) groups is 1. The molecular weight excluding hydrogens is 420 g/mol. The number of imide groups is 1. The molecule has 7 nitrogen and oxygen atoms in total. The van der Waals surface area contributed by atoms with Crippen molar-refractivity contribution in [2.45, 2.75) is 37.8 Å². The van der Waals surface area contributed by atoms with Crippen LogP contribution in [0.4, 0.5) is 4.79 Å². The number of hydrogen-bond acceptors (Lipinski definition) is 6. The van der Waals surface area contributed by atoms with Crippen LogP contribution in [0.1, 0.15) is 30.2 Å². The summed E-state index contributed by atoms with van der Waals surface area (Å²) in [6, 6.07) is 8.54. The number of thiophene rings is 1. The third kappa shape index (κ3) is 4.13. The second-order valence-corrected chi connectivity index (χ2v) is 9.56. The van der Waals surface area contributed by atoms with Crippen molar-refractivity contribution in [3.8, 4) is 5.69 Å². The van der Waals surface area contributed by atoms with E-state index in [-0.39, 0.29) is 12.0 Å². The molecule has 0 saturated carbocycles. The summed E-state index contributed by atoms with van der Waals surface area (Å²) in [4.78, 5) is 43.0. The highest BCUT2D eigenvalue weighted by Gasteiger charge is 2.25. The van der Waals surface area contributed by atoms with Crippen molar-refractivity contribution in [1.82, 2.24) is 14.9 Å². The van der Waals surface area contributed by atoms with Crippen molar-refractivity contribution < 1.29 is 9.59 Å². The van der Waals surface area contributed by atoms with Gasteiger partial charge in [-0.05, 0) is 42.9 Å². The van der Waals surface area contributed by atoms with Gasteiger partial charge in [0.25, 0.3) is 5.56 Å². The topological polar surface area (TPSA) is 107 Å². The van der Waals surface area contributed by atoms with E-state index in [1.54, 1.807) is 15.9 Å². The van der Waals surface area contributed by atoms with E-state index < -0.39 is 11.9 Å². The Hall–Kier alpha value is -2.65. The molecule has 0 fully saturated rings. The van der Waals surface area contributed by atoms with E-state index in [9.17, 15) is 14.4 Å². The quantitative estimate of drug-likeness (QED) is 0.466. The van der Waals surface area contributed by atoms with Crippen LogP contribution in [0.5, 0.6) is 0 Å². The second-order valence-electron chi connectivity index (χ2n) is 7.41. The predicted molar refractivity (Wildman–Crippen MR) is 119 cm³/mol. The molecule has 0 bridgehead atoms. The fourth-order valence-electron chi connectivity index (χ4n) is 3.71. The predicted octanol–water partition coefficient (Wildman–Crippen LogP) is 3.25. The van der Waals surface area contributed by atoms with E-state index in [2.05, 4.69) is 12.2 Å². The lowest BCUT2D eigenvalue weighted by Crippen LogP contribution is -2.35. The number of benzene rings is 1. The molecule has 2 heterocycles. The number of urea groups is 1. The molecule has 0 saturated heterocycles. The minimum absolute atomic E-state index is 0.0673. The average molecular weight is 443 g/mol. The lowest BCUT2D eigenvalue weighted by atomic mass is 9.89. The molecular formula is C21H22N4O3S2. The maximum Gasteiger partial charge on any atom is 0.318 e. The third-order valence-corrected chi connectivity index (χ3v) is 7.22. The number of carbonyl (C=O) groups excluding carboxylic acids is 2. The Balaban J connectivity index is 1.75. The second kappa shape index (κ2) is 8.61. The van der Waals surface area contributed by atoms with Crippen molar-refractivity contribution in [1.29, 1.82) is 0 Å². The van der Waals surface area contributed by atoms with Crippen molar-refractivity contribution in [2.24, 2.45) is 11.7 Å². The molecule has 3 amide bonds. The van der Waals surface area contributed by atoms with Gasteiger partial charge in [0.1, 0.15) is 4.83 Å². The summed E-state index contributed by atoms with van der Waals surface area (Å²) < 4.78 is 1.63. The van der Waals surface area contributed by atoms with Crippen LogP contribution in [0.3, 0.4) is 0 Å². The first-order valence-electron chi connectivity index (χ1n) is 9.79. The number of nitrogens with two attached hydrogens (primary N) is 1. The summed E-state index contributed by atoms with van der Waals surface area (Å²) in [5.41, 5.74) is 6.80. The number of aromatic nitrogens is 2. The summed E-state index contributed by atoms with van der Waals surface area (Å²) in [7, 11) is 0. The van der Waals surface area contributed by atoms with Crippen LogP contribution in [-0.2, 0) is 17.6 Å². The number of fused-ring (bicyclic) bond motifs is 3. The van der Waals surface area contributed by atoms with Gasteiger partial charge in [-0.1, -0.05) is 36.9 Å². The van der Waals surface area contributed by atoms with Gasteiger partial charge in [-0.25, -0.2) is 9.78 Å². The largest absolute Gasteiger partial charge is 0.351 e. The van der Waals surface area contributed by atoms with Gasteiger partial charge >= 0.3 is 6.03 Å². The lowest BCUT2D eigenvalue weighted by molar-refractivity contribution is -0.119. The summed E-state index contributed by atoms with van der Waals surface area (Å²) >= 11 is 2.92. The molecule has 0 spiro atoms.